The lowest BCUT2D eigenvalue weighted by atomic mass is 9.65. The predicted octanol–water partition coefficient (Wildman–Crippen LogP) is 2.12. The van der Waals surface area contributed by atoms with E-state index in [0.29, 0.717) is 16.7 Å². The summed E-state index contributed by atoms with van der Waals surface area (Å²) in [5.41, 5.74) is 11.1. The molecule has 2 nitrogen and oxygen atoms in total. The number of carbonyl (C=O) groups is 1. The third-order valence-electron chi connectivity index (χ3n) is 10.2. The van der Waals surface area contributed by atoms with E-state index >= 15 is 0 Å². The third kappa shape index (κ3) is 0.501. The quantitative estimate of drug-likeness (QED) is 0.779. The van der Waals surface area contributed by atoms with Gasteiger partial charge in [-0.3, -0.25) is 4.79 Å². The van der Waals surface area contributed by atoms with E-state index in [4.69, 9.17) is 5.73 Å². The summed E-state index contributed by atoms with van der Waals surface area (Å²) in [5, 5.41) is 2.51. The van der Waals surface area contributed by atoms with E-state index in [2.05, 4.69) is 27.7 Å². The van der Waals surface area contributed by atoms with E-state index in [9.17, 15) is 4.79 Å². The Kier molecular flexibility index (Phi) is 1.14. The fraction of sp³-hybridized carbons (Fsp3) is 0.778. The van der Waals surface area contributed by atoms with Gasteiger partial charge in [-0.2, -0.15) is 0 Å². The number of carbonyl (C=O) groups excluding carboxylic acids is 1. The number of hydrogen-bond acceptors (Lipinski definition) is 1. The van der Waals surface area contributed by atoms with E-state index in [1.54, 1.807) is 16.3 Å². The first-order valence-electron chi connectivity index (χ1n) is 8.60. The number of primary amides is 1. The highest BCUT2D eigenvalue weighted by Crippen LogP contribution is 3.33. The van der Waals surface area contributed by atoms with Gasteiger partial charge in [-0.05, 0) is 72.3 Å². The lowest BCUT2D eigenvalue weighted by Crippen LogP contribution is -2.51. The third-order valence-corrected chi connectivity index (χ3v) is 14.7. The largest absolute Gasteiger partial charge is 0.369 e. The van der Waals surface area contributed by atoms with E-state index < -0.39 is 8.41 Å². The lowest BCUT2D eigenvalue weighted by Gasteiger charge is -2.48. The first-order valence-corrected chi connectivity index (χ1v) is 10.2. The molecule has 21 heavy (non-hydrogen) atoms. The van der Waals surface area contributed by atoms with Crippen LogP contribution in [0.25, 0.3) is 0 Å². The Bertz CT molecular complexity index is 819. The molecule has 4 bridgehead atoms. The van der Waals surface area contributed by atoms with Crippen molar-refractivity contribution in [2.75, 3.05) is 0 Å². The molecule has 2 spiro atoms. The van der Waals surface area contributed by atoms with Gasteiger partial charge in [0.05, 0.1) is 5.41 Å². The molecule has 0 aromatic rings. The minimum Gasteiger partial charge on any atom is -0.369 e. The molecular weight excluding hydrogens is 274 g/mol. The molecule has 2 N–H and O–H groups in total. The maximum Gasteiger partial charge on any atom is 0.224 e. The maximum atomic E-state index is 12.1. The van der Waals surface area contributed by atoms with Gasteiger partial charge in [0.1, 0.15) is 0 Å². The molecule has 8 aliphatic carbocycles. The summed E-state index contributed by atoms with van der Waals surface area (Å²) < 4.78 is 0. The molecule has 0 saturated heterocycles. The lowest BCUT2D eigenvalue weighted by molar-refractivity contribution is -0.129. The minimum absolute atomic E-state index is 0.0414. The van der Waals surface area contributed by atoms with Gasteiger partial charge in [-0.1, -0.05) is 23.2 Å². The molecule has 0 aromatic carbocycles. The van der Waals surface area contributed by atoms with Crippen LogP contribution in [0, 0.1) is 39.9 Å². The monoisotopic (exact) mass is 295 g/mol. The standard InChI is InChI=1S/C18H21NOSi/c1-6-7(2)9(4)21(8(6)3)18-11-10-5-15(18)13-16(10,14(19)20)17(13,15)12(11)18/h8,10-13H,5H2,1-4H3,(H2,19,20). The van der Waals surface area contributed by atoms with Gasteiger partial charge in [-0.15, -0.1) is 0 Å². The number of nitrogens with two attached hydrogens (primary N) is 1. The fourth-order valence-electron chi connectivity index (χ4n) is 10.2. The number of allylic oxidation sites excluding steroid dienone is 2. The van der Waals surface area contributed by atoms with Crippen LogP contribution in [-0.2, 0) is 4.79 Å². The summed E-state index contributed by atoms with van der Waals surface area (Å²) in [4.78, 5) is 12.1. The molecule has 1 aliphatic heterocycles. The Morgan fingerprint density at radius 2 is 2.05 bits per heavy atom. The van der Waals surface area contributed by atoms with E-state index in [-0.39, 0.29) is 11.3 Å². The summed E-state index contributed by atoms with van der Waals surface area (Å²) in [7, 11) is -0.434. The van der Waals surface area contributed by atoms with Gasteiger partial charge in [0.25, 0.3) is 0 Å². The number of amides is 1. The Morgan fingerprint density at radius 1 is 1.33 bits per heavy atom. The fourth-order valence-corrected chi connectivity index (χ4v) is 15.8. The summed E-state index contributed by atoms with van der Waals surface area (Å²) in [6, 6.07) is 0. The van der Waals surface area contributed by atoms with Crippen LogP contribution in [0.1, 0.15) is 34.1 Å². The minimum atomic E-state index is -0.434. The first-order chi connectivity index (χ1) is 9.91. The average molecular weight is 295 g/mol. The Balaban J connectivity index is 1.43. The van der Waals surface area contributed by atoms with Gasteiger partial charge < -0.3 is 5.73 Å². The summed E-state index contributed by atoms with van der Waals surface area (Å²) in [6.07, 6.45) is 1.38. The molecule has 9 unspecified atom stereocenters. The Labute approximate surface area is 126 Å². The molecule has 9 atom stereocenters. The van der Waals surface area contributed by atoms with Crippen LogP contribution < -0.4 is 5.73 Å². The van der Waals surface area contributed by atoms with E-state index in [0.717, 1.165) is 28.3 Å². The van der Waals surface area contributed by atoms with E-state index in [1.165, 1.54) is 6.42 Å². The van der Waals surface area contributed by atoms with Crippen molar-refractivity contribution < 1.29 is 4.79 Å². The zero-order valence-corrected chi connectivity index (χ0v) is 14.1. The second-order valence-corrected chi connectivity index (χ2v) is 12.5. The van der Waals surface area contributed by atoms with E-state index in [1.807, 2.05) is 0 Å². The van der Waals surface area contributed by atoms with Gasteiger partial charge in [0, 0.05) is 8.41 Å². The van der Waals surface area contributed by atoms with Crippen LogP contribution in [0.5, 0.6) is 0 Å². The van der Waals surface area contributed by atoms with Crippen LogP contribution in [0.4, 0.5) is 0 Å². The summed E-state index contributed by atoms with van der Waals surface area (Å²) >= 11 is 0. The average Bonchev–Trinajstić information content (AvgIpc) is 3.28. The summed E-state index contributed by atoms with van der Waals surface area (Å²) in [6.45, 7) is 9.66. The maximum absolute atomic E-state index is 12.1. The molecule has 8 fully saturated rings. The second-order valence-electron chi connectivity index (χ2n) is 9.26. The first kappa shape index (κ1) is 10.9. The van der Waals surface area contributed by atoms with Gasteiger partial charge in [0.15, 0.2) is 0 Å². The topological polar surface area (TPSA) is 43.1 Å². The van der Waals surface area contributed by atoms with Crippen LogP contribution in [-0.4, -0.2) is 19.5 Å². The van der Waals surface area contributed by atoms with Crippen LogP contribution in [0.2, 0.25) is 10.6 Å². The van der Waals surface area contributed by atoms with Gasteiger partial charge in [0.2, 0.25) is 5.91 Å². The van der Waals surface area contributed by atoms with Crippen molar-refractivity contribution in [2.24, 2.45) is 45.7 Å². The molecule has 1 amide bonds. The van der Waals surface area contributed by atoms with Crippen molar-refractivity contribution in [1.29, 1.82) is 0 Å². The zero-order valence-electron chi connectivity index (χ0n) is 13.1. The van der Waals surface area contributed by atoms with Crippen molar-refractivity contribution in [3.8, 4) is 0 Å². The van der Waals surface area contributed by atoms with Crippen molar-refractivity contribution in [3.05, 3.63) is 11.1 Å². The molecule has 1 heterocycles. The zero-order chi connectivity index (χ0) is 14.5. The highest BCUT2D eigenvalue weighted by atomic mass is 28.2. The molecule has 0 radical (unpaired) electrons. The molecule has 9 aliphatic rings. The van der Waals surface area contributed by atoms with Crippen molar-refractivity contribution >= 4 is 19.5 Å². The second kappa shape index (κ2) is 2.19. The molecule has 0 aromatic heterocycles. The molecular formula is C18H21NOSi. The Morgan fingerprint density at radius 3 is 2.43 bits per heavy atom. The van der Waals surface area contributed by atoms with Crippen molar-refractivity contribution in [3.63, 3.8) is 0 Å². The van der Waals surface area contributed by atoms with Gasteiger partial charge in [-0.25, -0.2) is 0 Å². The van der Waals surface area contributed by atoms with Crippen molar-refractivity contribution in [2.45, 2.75) is 44.7 Å². The number of hydrogen-bond donors (Lipinski definition) is 1. The predicted molar refractivity (Wildman–Crippen MR) is 82.0 cm³/mol. The molecule has 108 valence electrons. The number of rotatable bonds is 2. The van der Waals surface area contributed by atoms with Crippen LogP contribution in [0.15, 0.2) is 11.1 Å². The van der Waals surface area contributed by atoms with Crippen molar-refractivity contribution in [1.82, 2.24) is 0 Å². The molecule has 8 saturated carbocycles. The summed E-state index contributed by atoms with van der Waals surface area (Å²) in [5.74, 6) is 3.40. The Hall–Kier alpha value is -0.703. The normalized spacial score (nSPS) is 71.9. The highest BCUT2D eigenvalue weighted by molar-refractivity contribution is 6.81. The van der Waals surface area contributed by atoms with Gasteiger partial charge >= 0.3 is 0 Å². The SMILES string of the molecule is CC1=C(C)C(C)[Si](C23C4C5CC26C2C5(C(N)=O)C26C43)=C1C. The van der Waals surface area contributed by atoms with Crippen LogP contribution >= 0.6 is 0 Å². The molecule has 9 rings (SSSR count). The highest BCUT2D eigenvalue weighted by Gasteiger charge is 3.31. The molecule has 3 heteroatoms. The van der Waals surface area contributed by atoms with Crippen LogP contribution in [0.3, 0.4) is 0 Å². The smallest absolute Gasteiger partial charge is 0.224 e.